The summed E-state index contributed by atoms with van der Waals surface area (Å²) in [5.41, 5.74) is 0.725. The fourth-order valence-corrected chi connectivity index (χ4v) is 4.46. The number of nitrogens with one attached hydrogen (secondary N) is 2. The molecule has 2 aliphatic rings. The number of piperidine rings is 1. The Morgan fingerprint density at radius 2 is 1.87 bits per heavy atom. The van der Waals surface area contributed by atoms with Gasteiger partial charge < -0.3 is 10.6 Å². The lowest BCUT2D eigenvalue weighted by atomic mass is 9.85. The molecule has 0 bridgehead atoms. The topological polar surface area (TPSA) is 39.7 Å². The number of hydrogen-bond donors (Lipinski definition) is 2. The molecule has 0 radical (unpaired) electrons. The Morgan fingerprint density at radius 1 is 1.13 bits per heavy atom. The molecule has 1 saturated heterocycles. The summed E-state index contributed by atoms with van der Waals surface area (Å²) in [7, 11) is 1.65. The van der Waals surface area contributed by atoms with Crippen LogP contribution in [0, 0.1) is 17.7 Å². The van der Waals surface area contributed by atoms with Gasteiger partial charge in [-0.25, -0.2) is 4.39 Å². The van der Waals surface area contributed by atoms with Crippen LogP contribution in [0.15, 0.2) is 29.3 Å². The number of hydrogen-bond acceptors (Lipinski definition) is 2. The van der Waals surface area contributed by atoms with Crippen molar-refractivity contribution in [3.05, 3.63) is 35.6 Å². The van der Waals surface area contributed by atoms with Crippen molar-refractivity contribution in [1.29, 1.82) is 0 Å². The molecule has 1 aromatic carbocycles. The van der Waals surface area contributed by atoms with Crippen molar-refractivity contribution < 1.29 is 17.6 Å². The van der Waals surface area contributed by atoms with Crippen LogP contribution in [0.3, 0.4) is 0 Å². The Hall–Kier alpha value is -1.83. The molecule has 1 aromatic rings. The molecular formula is C22H32F4N4. The van der Waals surface area contributed by atoms with Crippen molar-refractivity contribution in [1.82, 2.24) is 15.5 Å². The van der Waals surface area contributed by atoms with Gasteiger partial charge in [-0.2, -0.15) is 13.2 Å². The predicted molar refractivity (Wildman–Crippen MR) is 111 cm³/mol. The van der Waals surface area contributed by atoms with Gasteiger partial charge in [-0.15, -0.1) is 0 Å². The van der Waals surface area contributed by atoms with Gasteiger partial charge in [0.15, 0.2) is 5.96 Å². The monoisotopic (exact) mass is 428 g/mol. The Balaban J connectivity index is 1.39. The third-order valence-electron chi connectivity index (χ3n) is 6.32. The molecule has 1 aliphatic heterocycles. The quantitative estimate of drug-likeness (QED) is 0.417. The van der Waals surface area contributed by atoms with Crippen LogP contribution in [0.5, 0.6) is 0 Å². The predicted octanol–water partition coefficient (Wildman–Crippen LogP) is 4.32. The van der Waals surface area contributed by atoms with Crippen molar-refractivity contribution >= 4 is 5.96 Å². The molecule has 30 heavy (non-hydrogen) atoms. The lowest BCUT2D eigenvalue weighted by molar-refractivity contribution is -0.183. The molecule has 0 spiro atoms. The SMILES string of the molecule is CN=C(NCC1CCN(Cc2ccccc2F)CC1)NC1CCCC(C(F)(F)F)C1. The molecule has 3 rings (SSSR count). The molecule has 0 amide bonds. The number of halogens is 4. The van der Waals surface area contributed by atoms with Crippen molar-refractivity contribution in [3.8, 4) is 0 Å². The first-order valence-electron chi connectivity index (χ1n) is 10.8. The van der Waals surface area contributed by atoms with Gasteiger partial charge in [-0.1, -0.05) is 24.6 Å². The number of aliphatic imine (C=N–C) groups is 1. The molecule has 2 fully saturated rings. The molecule has 8 heteroatoms. The molecule has 1 heterocycles. The maximum atomic E-state index is 13.8. The van der Waals surface area contributed by atoms with Crippen molar-refractivity contribution in [3.63, 3.8) is 0 Å². The summed E-state index contributed by atoms with van der Waals surface area (Å²) < 4.78 is 52.9. The summed E-state index contributed by atoms with van der Waals surface area (Å²) in [6.45, 7) is 3.17. The van der Waals surface area contributed by atoms with Crippen molar-refractivity contribution in [2.75, 3.05) is 26.7 Å². The van der Waals surface area contributed by atoms with E-state index in [4.69, 9.17) is 0 Å². The molecule has 4 nitrogen and oxygen atoms in total. The highest BCUT2D eigenvalue weighted by Crippen LogP contribution is 2.37. The largest absolute Gasteiger partial charge is 0.391 e. The zero-order chi connectivity index (χ0) is 21.6. The van der Waals surface area contributed by atoms with Crippen LogP contribution in [0.1, 0.15) is 44.1 Å². The van der Waals surface area contributed by atoms with Crippen LogP contribution in [-0.2, 0) is 6.54 Å². The molecule has 1 aliphatic carbocycles. The van der Waals surface area contributed by atoms with Crippen LogP contribution < -0.4 is 10.6 Å². The number of likely N-dealkylation sites (tertiary alicyclic amines) is 1. The molecule has 2 atom stereocenters. The number of alkyl halides is 3. The zero-order valence-corrected chi connectivity index (χ0v) is 17.5. The van der Waals surface area contributed by atoms with E-state index in [0.717, 1.165) is 44.5 Å². The average molecular weight is 429 g/mol. The molecule has 168 valence electrons. The zero-order valence-electron chi connectivity index (χ0n) is 17.5. The van der Waals surface area contributed by atoms with E-state index in [0.29, 0.717) is 24.8 Å². The van der Waals surface area contributed by atoms with E-state index >= 15 is 0 Å². The fourth-order valence-electron chi connectivity index (χ4n) is 4.46. The van der Waals surface area contributed by atoms with Crippen molar-refractivity contribution in [2.45, 2.75) is 57.3 Å². The highest BCUT2D eigenvalue weighted by molar-refractivity contribution is 5.79. The first-order chi connectivity index (χ1) is 14.3. The summed E-state index contributed by atoms with van der Waals surface area (Å²) in [6, 6.07) is 6.69. The van der Waals surface area contributed by atoms with E-state index in [2.05, 4.69) is 20.5 Å². The van der Waals surface area contributed by atoms with E-state index in [1.807, 2.05) is 12.1 Å². The van der Waals surface area contributed by atoms with Gasteiger partial charge >= 0.3 is 6.18 Å². The summed E-state index contributed by atoms with van der Waals surface area (Å²) >= 11 is 0. The number of benzene rings is 1. The first kappa shape index (κ1) is 22.8. The Kier molecular flexibility index (Phi) is 7.97. The lowest BCUT2D eigenvalue weighted by Gasteiger charge is -2.34. The second-order valence-corrected chi connectivity index (χ2v) is 8.51. The Morgan fingerprint density at radius 3 is 2.53 bits per heavy atom. The average Bonchev–Trinajstić information content (AvgIpc) is 2.73. The highest BCUT2D eigenvalue weighted by atomic mass is 19.4. The van der Waals surface area contributed by atoms with Gasteiger partial charge in [0, 0.05) is 31.7 Å². The van der Waals surface area contributed by atoms with Gasteiger partial charge in [-0.05, 0) is 57.2 Å². The highest BCUT2D eigenvalue weighted by Gasteiger charge is 2.42. The second-order valence-electron chi connectivity index (χ2n) is 8.51. The molecule has 2 unspecified atom stereocenters. The van der Waals surface area contributed by atoms with Crippen LogP contribution in [0.25, 0.3) is 0 Å². The molecule has 2 N–H and O–H groups in total. The van der Waals surface area contributed by atoms with Gasteiger partial charge in [0.05, 0.1) is 5.92 Å². The van der Waals surface area contributed by atoms with Gasteiger partial charge in [-0.3, -0.25) is 9.89 Å². The van der Waals surface area contributed by atoms with E-state index in [9.17, 15) is 17.6 Å². The van der Waals surface area contributed by atoms with Crippen LogP contribution >= 0.6 is 0 Å². The van der Waals surface area contributed by atoms with Crippen LogP contribution in [0.2, 0.25) is 0 Å². The van der Waals surface area contributed by atoms with Gasteiger partial charge in [0.2, 0.25) is 0 Å². The third-order valence-corrected chi connectivity index (χ3v) is 6.32. The summed E-state index contributed by atoms with van der Waals surface area (Å²) in [4.78, 5) is 6.46. The minimum Gasteiger partial charge on any atom is -0.356 e. The maximum Gasteiger partial charge on any atom is 0.391 e. The molecule has 0 aromatic heterocycles. The van der Waals surface area contributed by atoms with Gasteiger partial charge in [0.25, 0.3) is 0 Å². The third kappa shape index (κ3) is 6.59. The van der Waals surface area contributed by atoms with E-state index < -0.39 is 12.1 Å². The standard InChI is InChI=1S/C22H32F4N4/c1-27-21(29-19-7-4-6-18(13-19)22(24,25)26)28-14-16-9-11-30(12-10-16)15-17-5-2-3-8-20(17)23/h2-3,5,8,16,18-19H,4,6-7,9-15H2,1H3,(H2,27,28,29). The van der Waals surface area contributed by atoms with E-state index in [-0.39, 0.29) is 24.7 Å². The summed E-state index contributed by atoms with van der Waals surface area (Å²) in [5, 5.41) is 6.47. The number of nitrogens with zero attached hydrogens (tertiary/aromatic N) is 2. The minimum absolute atomic E-state index is 0.110. The van der Waals surface area contributed by atoms with Crippen LogP contribution in [0.4, 0.5) is 17.6 Å². The summed E-state index contributed by atoms with van der Waals surface area (Å²) in [5.74, 6) is -0.335. The van der Waals surface area contributed by atoms with Gasteiger partial charge in [0.1, 0.15) is 5.82 Å². The Labute approximate surface area is 176 Å². The molecule has 1 saturated carbocycles. The lowest BCUT2D eigenvalue weighted by Crippen LogP contribution is -2.48. The first-order valence-corrected chi connectivity index (χ1v) is 10.8. The smallest absolute Gasteiger partial charge is 0.356 e. The van der Waals surface area contributed by atoms with E-state index in [1.54, 1.807) is 13.1 Å². The molecular weight excluding hydrogens is 396 g/mol. The fraction of sp³-hybridized carbons (Fsp3) is 0.682. The van der Waals surface area contributed by atoms with Crippen LogP contribution in [-0.4, -0.2) is 49.8 Å². The number of rotatable bonds is 5. The normalized spacial score (nSPS) is 24.6. The van der Waals surface area contributed by atoms with Crippen molar-refractivity contribution in [2.24, 2.45) is 16.8 Å². The second kappa shape index (κ2) is 10.5. The maximum absolute atomic E-state index is 13.8. The summed E-state index contributed by atoms with van der Waals surface area (Å²) in [6.07, 6.45) is -0.469. The Bertz CT molecular complexity index is 699. The minimum atomic E-state index is -4.12. The number of guanidine groups is 1. The van der Waals surface area contributed by atoms with E-state index in [1.165, 1.54) is 6.07 Å².